The summed E-state index contributed by atoms with van der Waals surface area (Å²) in [7, 11) is 0. The summed E-state index contributed by atoms with van der Waals surface area (Å²) < 4.78 is 2.11. The first-order valence-corrected chi connectivity index (χ1v) is 7.24. The van der Waals surface area contributed by atoms with Gasteiger partial charge in [-0.3, -0.25) is 4.40 Å². The Kier molecular flexibility index (Phi) is 2.06. The molecule has 0 atom stereocenters. The average molecular weight is 271 g/mol. The van der Waals surface area contributed by atoms with Crippen LogP contribution in [0.3, 0.4) is 0 Å². The molecule has 3 nitrogen and oxygen atoms in total. The maximum atomic E-state index is 4.94. The Morgan fingerprint density at radius 1 is 0.952 bits per heavy atom. The van der Waals surface area contributed by atoms with Gasteiger partial charge in [0.15, 0.2) is 0 Å². The predicted molar refractivity (Wildman–Crippen MR) is 83.3 cm³/mol. The number of aryl methyl sites for hydroxylation is 2. The first-order chi connectivity index (χ1) is 10.4. The Morgan fingerprint density at radius 2 is 1.86 bits per heavy atom. The minimum atomic E-state index is 0.973. The van der Waals surface area contributed by atoms with Crippen LogP contribution >= 0.6 is 0 Å². The highest BCUT2D eigenvalue weighted by atomic mass is 15.0. The normalized spacial score (nSPS) is 13.3. The van der Waals surface area contributed by atoms with Gasteiger partial charge in [0.05, 0.1) is 16.7 Å². The van der Waals surface area contributed by atoms with Crippen LogP contribution in [-0.4, -0.2) is 14.4 Å². The van der Waals surface area contributed by atoms with Crippen LogP contribution in [0.15, 0.2) is 54.9 Å². The number of nitrogens with zero attached hydrogens (tertiary/aromatic N) is 3. The molecular formula is C18H13N3. The third kappa shape index (κ3) is 1.49. The standard InChI is InChI=1S/C18H13N3/c1-2-4-14-12(3-1)5-6-13-11-16-15(20-18(13)14)7-8-17-19-9-10-21(16)17/h1-4,7-11H,5-6H2. The summed E-state index contributed by atoms with van der Waals surface area (Å²) in [6.45, 7) is 0. The highest BCUT2D eigenvalue weighted by molar-refractivity contribution is 5.84. The second kappa shape index (κ2) is 3.92. The molecule has 4 aromatic rings. The monoisotopic (exact) mass is 271 g/mol. The first kappa shape index (κ1) is 11.0. The van der Waals surface area contributed by atoms with E-state index in [9.17, 15) is 0 Å². The molecule has 0 saturated heterocycles. The second-order valence-corrected chi connectivity index (χ2v) is 5.55. The van der Waals surface area contributed by atoms with Gasteiger partial charge in [0.25, 0.3) is 0 Å². The number of imidazole rings is 1. The molecule has 3 heterocycles. The lowest BCUT2D eigenvalue weighted by atomic mass is 9.89. The van der Waals surface area contributed by atoms with Gasteiger partial charge in [0, 0.05) is 18.0 Å². The quantitative estimate of drug-likeness (QED) is 0.488. The molecule has 0 fully saturated rings. The summed E-state index contributed by atoms with van der Waals surface area (Å²) in [6.07, 6.45) is 5.99. The molecule has 0 saturated carbocycles. The maximum absolute atomic E-state index is 4.94. The van der Waals surface area contributed by atoms with Gasteiger partial charge >= 0.3 is 0 Å². The summed E-state index contributed by atoms with van der Waals surface area (Å²) in [5.41, 5.74) is 8.30. The van der Waals surface area contributed by atoms with E-state index in [1.165, 1.54) is 16.7 Å². The lowest BCUT2D eigenvalue weighted by molar-refractivity contribution is 0.931. The summed E-state index contributed by atoms with van der Waals surface area (Å²) in [5.74, 6) is 0. The van der Waals surface area contributed by atoms with Crippen molar-refractivity contribution in [1.29, 1.82) is 0 Å². The van der Waals surface area contributed by atoms with Gasteiger partial charge in [-0.15, -0.1) is 0 Å². The van der Waals surface area contributed by atoms with E-state index in [-0.39, 0.29) is 0 Å². The number of hydrogen-bond donors (Lipinski definition) is 0. The molecule has 0 amide bonds. The van der Waals surface area contributed by atoms with Gasteiger partial charge in [-0.2, -0.15) is 0 Å². The summed E-state index contributed by atoms with van der Waals surface area (Å²) in [6, 6.07) is 15.0. The van der Waals surface area contributed by atoms with Crippen molar-refractivity contribution in [1.82, 2.24) is 14.4 Å². The Morgan fingerprint density at radius 3 is 2.86 bits per heavy atom. The van der Waals surface area contributed by atoms with Crippen molar-refractivity contribution >= 4 is 16.7 Å². The van der Waals surface area contributed by atoms with E-state index in [4.69, 9.17) is 4.98 Å². The Hall–Kier alpha value is -2.68. The van der Waals surface area contributed by atoms with E-state index in [2.05, 4.69) is 45.8 Å². The van der Waals surface area contributed by atoms with Gasteiger partial charge in [0.2, 0.25) is 0 Å². The van der Waals surface area contributed by atoms with Gasteiger partial charge in [-0.25, -0.2) is 9.97 Å². The fourth-order valence-corrected chi connectivity index (χ4v) is 3.33. The van der Waals surface area contributed by atoms with Crippen LogP contribution in [0.25, 0.3) is 27.9 Å². The average Bonchev–Trinajstić information content (AvgIpc) is 3.02. The van der Waals surface area contributed by atoms with Crippen molar-refractivity contribution in [2.45, 2.75) is 12.8 Å². The number of benzene rings is 1. The molecule has 21 heavy (non-hydrogen) atoms. The van der Waals surface area contributed by atoms with Crippen molar-refractivity contribution < 1.29 is 0 Å². The van der Waals surface area contributed by atoms with Crippen molar-refractivity contribution in [3.8, 4) is 11.3 Å². The molecule has 0 radical (unpaired) electrons. The van der Waals surface area contributed by atoms with Crippen LogP contribution in [-0.2, 0) is 12.8 Å². The van der Waals surface area contributed by atoms with Crippen LogP contribution in [0.5, 0.6) is 0 Å². The number of fused-ring (bicyclic) bond motifs is 6. The SMILES string of the molecule is c1ccc2c(c1)CCc1cc3c(ccc4nccn43)nc1-2. The van der Waals surface area contributed by atoms with Crippen molar-refractivity contribution in [2.24, 2.45) is 0 Å². The Balaban J connectivity index is 1.89. The lowest BCUT2D eigenvalue weighted by Gasteiger charge is -2.19. The molecule has 5 rings (SSSR count). The molecule has 0 unspecified atom stereocenters. The van der Waals surface area contributed by atoms with Crippen LogP contribution in [0.2, 0.25) is 0 Å². The molecule has 0 aliphatic heterocycles. The van der Waals surface area contributed by atoms with Crippen molar-refractivity contribution in [3.05, 3.63) is 66.0 Å². The first-order valence-electron chi connectivity index (χ1n) is 7.24. The van der Waals surface area contributed by atoms with Crippen molar-refractivity contribution in [2.75, 3.05) is 0 Å². The molecule has 100 valence electrons. The third-order valence-electron chi connectivity index (χ3n) is 4.37. The van der Waals surface area contributed by atoms with E-state index in [0.29, 0.717) is 0 Å². The fraction of sp³-hybridized carbons (Fsp3) is 0.111. The van der Waals surface area contributed by atoms with E-state index in [0.717, 1.165) is 35.2 Å². The highest BCUT2D eigenvalue weighted by Crippen LogP contribution is 2.33. The fourth-order valence-electron chi connectivity index (χ4n) is 3.33. The minimum absolute atomic E-state index is 0.973. The Labute approximate surface area is 121 Å². The number of aromatic nitrogens is 3. The maximum Gasteiger partial charge on any atom is 0.137 e. The molecule has 1 aliphatic rings. The summed E-state index contributed by atoms with van der Waals surface area (Å²) in [5, 5.41) is 0. The van der Waals surface area contributed by atoms with Gasteiger partial charge in [-0.05, 0) is 42.2 Å². The third-order valence-corrected chi connectivity index (χ3v) is 4.37. The van der Waals surface area contributed by atoms with E-state index in [1.54, 1.807) is 0 Å². The minimum Gasteiger partial charge on any atom is -0.298 e. The molecule has 3 aromatic heterocycles. The lowest BCUT2D eigenvalue weighted by Crippen LogP contribution is -2.06. The Bertz CT molecular complexity index is 998. The molecule has 3 heteroatoms. The summed E-state index contributed by atoms with van der Waals surface area (Å²) >= 11 is 0. The summed E-state index contributed by atoms with van der Waals surface area (Å²) in [4.78, 5) is 9.29. The van der Waals surface area contributed by atoms with Gasteiger partial charge in [-0.1, -0.05) is 24.3 Å². The second-order valence-electron chi connectivity index (χ2n) is 5.55. The smallest absolute Gasteiger partial charge is 0.137 e. The zero-order chi connectivity index (χ0) is 13.8. The van der Waals surface area contributed by atoms with Crippen LogP contribution in [0.1, 0.15) is 11.1 Å². The molecule has 1 aromatic carbocycles. The van der Waals surface area contributed by atoms with Crippen molar-refractivity contribution in [3.63, 3.8) is 0 Å². The van der Waals surface area contributed by atoms with Crippen LogP contribution < -0.4 is 0 Å². The van der Waals surface area contributed by atoms with Gasteiger partial charge in [0.1, 0.15) is 5.65 Å². The molecule has 0 N–H and O–H groups in total. The zero-order valence-electron chi connectivity index (χ0n) is 11.5. The topological polar surface area (TPSA) is 30.2 Å². The number of rotatable bonds is 0. The zero-order valence-corrected chi connectivity index (χ0v) is 11.5. The number of hydrogen-bond acceptors (Lipinski definition) is 2. The predicted octanol–water partition coefficient (Wildman–Crippen LogP) is 3.65. The van der Waals surface area contributed by atoms with E-state index < -0.39 is 0 Å². The molecule has 0 bridgehead atoms. The van der Waals surface area contributed by atoms with Crippen LogP contribution in [0.4, 0.5) is 0 Å². The highest BCUT2D eigenvalue weighted by Gasteiger charge is 2.18. The van der Waals surface area contributed by atoms with E-state index in [1.807, 2.05) is 18.5 Å². The number of pyridine rings is 2. The molecular weight excluding hydrogens is 258 g/mol. The molecule has 0 spiro atoms. The van der Waals surface area contributed by atoms with Gasteiger partial charge < -0.3 is 0 Å². The van der Waals surface area contributed by atoms with Crippen LogP contribution in [0, 0.1) is 0 Å². The van der Waals surface area contributed by atoms with E-state index >= 15 is 0 Å². The largest absolute Gasteiger partial charge is 0.298 e. The molecule has 1 aliphatic carbocycles.